The number of amides is 2. The predicted octanol–water partition coefficient (Wildman–Crippen LogP) is 4.19. The Bertz CT molecular complexity index is 1040. The Morgan fingerprint density at radius 3 is 1.94 bits per heavy atom. The van der Waals surface area contributed by atoms with Crippen LogP contribution in [0, 0.1) is 13.8 Å². The summed E-state index contributed by atoms with van der Waals surface area (Å²) in [6.45, 7) is 17.5. The molecule has 0 bridgehead atoms. The van der Waals surface area contributed by atoms with Crippen LogP contribution in [0.5, 0.6) is 0 Å². The van der Waals surface area contributed by atoms with Crippen LogP contribution in [-0.2, 0) is 9.31 Å². The van der Waals surface area contributed by atoms with Crippen LogP contribution in [0.25, 0.3) is 0 Å². The summed E-state index contributed by atoms with van der Waals surface area (Å²) in [5, 5.41) is 1.39. The van der Waals surface area contributed by atoms with Crippen molar-refractivity contribution in [2.75, 3.05) is 0 Å². The normalized spacial score (nSPS) is 17.1. The number of hydrogen-bond acceptors (Lipinski definition) is 4. The minimum Gasteiger partial charge on any atom is -0.399 e. The lowest BCUT2D eigenvalue weighted by Crippen LogP contribution is -2.56. The van der Waals surface area contributed by atoms with E-state index in [1.165, 1.54) is 5.01 Å². The number of nitrogens with zero attached hydrogens (tertiary/aromatic N) is 1. The number of rotatable bonds is 3. The molecule has 33 heavy (non-hydrogen) atoms. The van der Waals surface area contributed by atoms with Crippen molar-refractivity contribution in [3.8, 4) is 0 Å². The predicted molar refractivity (Wildman–Crippen MR) is 131 cm³/mol. The van der Waals surface area contributed by atoms with Gasteiger partial charge >= 0.3 is 7.12 Å². The number of carbonyl (C=O) groups is 2. The molecule has 0 aromatic heterocycles. The molecule has 1 fully saturated rings. The molecule has 2 aromatic rings. The van der Waals surface area contributed by atoms with Crippen LogP contribution < -0.4 is 10.9 Å². The second-order valence-corrected chi connectivity index (χ2v) is 10.8. The number of benzene rings is 2. The maximum atomic E-state index is 13.4. The summed E-state index contributed by atoms with van der Waals surface area (Å²) in [6, 6.07) is 12.8. The van der Waals surface area contributed by atoms with Crippen molar-refractivity contribution >= 4 is 24.4 Å². The summed E-state index contributed by atoms with van der Waals surface area (Å²) in [6.07, 6.45) is 0. The Balaban J connectivity index is 1.85. The van der Waals surface area contributed by atoms with Crippen LogP contribution in [-0.4, -0.2) is 40.7 Å². The molecule has 1 heterocycles. The third-order valence-corrected chi connectivity index (χ3v) is 6.23. The minimum absolute atomic E-state index is 0.259. The highest BCUT2D eigenvalue weighted by atomic mass is 16.7. The average Bonchev–Trinajstić information content (AvgIpc) is 2.91. The molecule has 0 atom stereocenters. The van der Waals surface area contributed by atoms with Crippen LogP contribution in [0.1, 0.15) is 80.3 Å². The van der Waals surface area contributed by atoms with Gasteiger partial charge in [-0.2, -0.15) is 0 Å². The first-order valence-electron chi connectivity index (χ1n) is 11.3. The van der Waals surface area contributed by atoms with E-state index in [1.807, 2.05) is 86.6 Å². The molecular weight excluding hydrogens is 415 g/mol. The first kappa shape index (κ1) is 25.0. The van der Waals surface area contributed by atoms with Gasteiger partial charge < -0.3 is 9.31 Å². The van der Waals surface area contributed by atoms with Gasteiger partial charge in [-0.15, -0.1) is 0 Å². The smallest absolute Gasteiger partial charge is 0.399 e. The lowest BCUT2D eigenvalue weighted by Gasteiger charge is -2.35. The molecule has 1 aliphatic heterocycles. The summed E-state index contributed by atoms with van der Waals surface area (Å²) >= 11 is 0. The van der Waals surface area contributed by atoms with E-state index in [2.05, 4.69) is 5.43 Å². The summed E-state index contributed by atoms with van der Waals surface area (Å²) < 4.78 is 12.2. The molecule has 1 N–H and O–H groups in total. The van der Waals surface area contributed by atoms with E-state index in [4.69, 9.17) is 9.31 Å². The van der Waals surface area contributed by atoms with E-state index in [1.54, 1.807) is 18.2 Å². The summed E-state index contributed by atoms with van der Waals surface area (Å²) in [5.74, 6) is -0.634. The lowest BCUT2D eigenvalue weighted by atomic mass is 9.78. The molecule has 0 saturated carbocycles. The van der Waals surface area contributed by atoms with Crippen LogP contribution in [0.2, 0.25) is 0 Å². The Morgan fingerprint density at radius 1 is 0.879 bits per heavy atom. The van der Waals surface area contributed by atoms with Gasteiger partial charge in [0.25, 0.3) is 11.8 Å². The quantitative estimate of drug-likeness (QED) is 0.563. The standard InChI is InChI=1S/C26H35BN2O4/c1-17-13-18(2)15-20(14-17)23(31)29(24(3,4)5)28-22(30)19-11-10-12-21(16-19)27-32-25(6,7)26(8,9)33-27/h10-16H,1-9H3,(H,28,30). The van der Waals surface area contributed by atoms with Crippen molar-refractivity contribution in [1.82, 2.24) is 10.4 Å². The van der Waals surface area contributed by atoms with E-state index in [9.17, 15) is 9.59 Å². The van der Waals surface area contributed by atoms with Crippen LogP contribution in [0.4, 0.5) is 0 Å². The Labute approximate surface area is 197 Å². The average molecular weight is 450 g/mol. The molecule has 1 saturated heterocycles. The fourth-order valence-corrected chi connectivity index (χ4v) is 3.72. The van der Waals surface area contributed by atoms with Gasteiger partial charge in [0.15, 0.2) is 0 Å². The van der Waals surface area contributed by atoms with E-state index >= 15 is 0 Å². The molecule has 0 aliphatic carbocycles. The van der Waals surface area contributed by atoms with E-state index in [0.29, 0.717) is 11.1 Å². The fourth-order valence-electron chi connectivity index (χ4n) is 3.72. The third-order valence-electron chi connectivity index (χ3n) is 6.23. The van der Waals surface area contributed by atoms with Gasteiger partial charge in [0, 0.05) is 11.1 Å². The van der Waals surface area contributed by atoms with E-state index < -0.39 is 23.9 Å². The molecule has 7 heteroatoms. The number of carbonyl (C=O) groups excluding carboxylic acids is 2. The zero-order chi connectivity index (χ0) is 24.8. The third kappa shape index (κ3) is 5.31. The maximum absolute atomic E-state index is 13.4. The Hall–Kier alpha value is -2.64. The molecule has 1 aliphatic rings. The van der Waals surface area contributed by atoms with Crippen LogP contribution in [0.3, 0.4) is 0 Å². The molecule has 2 amide bonds. The molecule has 0 spiro atoms. The van der Waals surface area contributed by atoms with E-state index in [-0.39, 0.29) is 11.8 Å². The summed E-state index contributed by atoms with van der Waals surface area (Å²) in [5.41, 5.74) is 4.94. The van der Waals surface area contributed by atoms with Gasteiger partial charge in [-0.1, -0.05) is 29.3 Å². The number of hydrogen-bond donors (Lipinski definition) is 1. The monoisotopic (exact) mass is 450 g/mol. The van der Waals surface area contributed by atoms with Gasteiger partial charge in [-0.25, -0.2) is 5.01 Å². The molecule has 176 valence electrons. The van der Waals surface area contributed by atoms with Gasteiger partial charge in [-0.05, 0) is 92.0 Å². The molecule has 3 rings (SSSR count). The van der Waals surface area contributed by atoms with Gasteiger partial charge in [0.1, 0.15) is 0 Å². The van der Waals surface area contributed by atoms with E-state index in [0.717, 1.165) is 16.6 Å². The van der Waals surface area contributed by atoms with Gasteiger partial charge in [-0.3, -0.25) is 15.0 Å². The second-order valence-electron chi connectivity index (χ2n) is 10.8. The zero-order valence-corrected chi connectivity index (χ0v) is 21.2. The number of nitrogens with one attached hydrogen (secondary N) is 1. The largest absolute Gasteiger partial charge is 0.494 e. The van der Waals surface area contributed by atoms with Crippen molar-refractivity contribution in [2.24, 2.45) is 0 Å². The highest BCUT2D eigenvalue weighted by molar-refractivity contribution is 6.62. The van der Waals surface area contributed by atoms with Gasteiger partial charge in [0.2, 0.25) is 0 Å². The highest BCUT2D eigenvalue weighted by Crippen LogP contribution is 2.36. The van der Waals surface area contributed by atoms with Crippen molar-refractivity contribution in [3.63, 3.8) is 0 Å². The van der Waals surface area contributed by atoms with Crippen LogP contribution >= 0.6 is 0 Å². The van der Waals surface area contributed by atoms with Crippen molar-refractivity contribution in [2.45, 2.75) is 79.1 Å². The van der Waals surface area contributed by atoms with Crippen molar-refractivity contribution in [3.05, 3.63) is 64.7 Å². The zero-order valence-electron chi connectivity index (χ0n) is 21.2. The van der Waals surface area contributed by atoms with Crippen molar-refractivity contribution < 1.29 is 18.9 Å². The van der Waals surface area contributed by atoms with Gasteiger partial charge in [0.05, 0.1) is 16.7 Å². The second kappa shape index (κ2) is 8.62. The molecule has 6 nitrogen and oxygen atoms in total. The molecular formula is C26H35BN2O4. The first-order chi connectivity index (χ1) is 15.1. The maximum Gasteiger partial charge on any atom is 0.494 e. The van der Waals surface area contributed by atoms with Crippen LogP contribution in [0.15, 0.2) is 42.5 Å². The summed E-state index contributed by atoms with van der Waals surface area (Å²) in [7, 11) is -0.571. The summed E-state index contributed by atoms with van der Waals surface area (Å²) in [4.78, 5) is 26.6. The Kier molecular flexibility index (Phi) is 6.53. The highest BCUT2D eigenvalue weighted by Gasteiger charge is 2.51. The molecule has 0 radical (unpaired) electrons. The number of aryl methyl sites for hydroxylation is 2. The molecule has 2 aromatic carbocycles. The topological polar surface area (TPSA) is 67.9 Å². The van der Waals surface area contributed by atoms with Crippen molar-refractivity contribution in [1.29, 1.82) is 0 Å². The Morgan fingerprint density at radius 2 is 1.42 bits per heavy atom. The first-order valence-corrected chi connectivity index (χ1v) is 11.3. The SMILES string of the molecule is Cc1cc(C)cc(C(=O)N(NC(=O)c2cccc(B3OC(C)(C)C(C)(C)O3)c2)C(C)(C)C)c1. The molecule has 0 unspecified atom stereocenters. The minimum atomic E-state index is -0.631. The number of hydrazine groups is 1. The fraction of sp³-hybridized carbons (Fsp3) is 0.462. The lowest BCUT2D eigenvalue weighted by molar-refractivity contribution is 0.00578.